The number of thiol groups is 1. The second-order valence-electron chi connectivity index (χ2n) is 7.34. The first-order chi connectivity index (χ1) is 15.0. The van der Waals surface area contributed by atoms with Crippen molar-refractivity contribution in [3.05, 3.63) is 117 Å². The molecule has 0 spiro atoms. The SMILES string of the molecule is N#CC1=C(S)NC(O)(c2ccccc2)C(C(=O)c2ccccc2)C1c1ccccc1Cl. The van der Waals surface area contributed by atoms with Crippen LogP contribution in [0.4, 0.5) is 0 Å². The Morgan fingerprint density at radius 2 is 1.58 bits per heavy atom. The van der Waals surface area contributed by atoms with Gasteiger partial charge < -0.3 is 10.4 Å². The molecule has 0 bridgehead atoms. The fraction of sp³-hybridized carbons (Fsp3) is 0.120. The molecule has 0 aliphatic carbocycles. The van der Waals surface area contributed by atoms with Gasteiger partial charge in [-0.25, -0.2) is 0 Å². The first-order valence-corrected chi connectivity index (χ1v) is 10.5. The van der Waals surface area contributed by atoms with E-state index in [0.717, 1.165) is 0 Å². The average molecular weight is 447 g/mol. The third kappa shape index (κ3) is 3.75. The number of hydrogen-bond acceptors (Lipinski definition) is 5. The number of benzene rings is 3. The summed E-state index contributed by atoms with van der Waals surface area (Å²) in [5.41, 5.74) is -0.0654. The van der Waals surface area contributed by atoms with Crippen LogP contribution in [-0.4, -0.2) is 10.9 Å². The number of hydrogen-bond donors (Lipinski definition) is 3. The smallest absolute Gasteiger partial charge is 0.173 e. The van der Waals surface area contributed by atoms with Gasteiger partial charge in [-0.3, -0.25) is 4.79 Å². The lowest BCUT2D eigenvalue weighted by Crippen LogP contribution is -2.56. The summed E-state index contributed by atoms with van der Waals surface area (Å²) in [6.45, 7) is 0. The second kappa shape index (κ2) is 8.60. The van der Waals surface area contributed by atoms with E-state index >= 15 is 0 Å². The van der Waals surface area contributed by atoms with Crippen molar-refractivity contribution in [2.45, 2.75) is 11.6 Å². The zero-order valence-electron chi connectivity index (χ0n) is 16.4. The summed E-state index contributed by atoms with van der Waals surface area (Å²) in [5.74, 6) is -2.17. The van der Waals surface area contributed by atoms with Crippen LogP contribution in [0.1, 0.15) is 27.4 Å². The van der Waals surface area contributed by atoms with Crippen LogP contribution in [0.5, 0.6) is 0 Å². The average Bonchev–Trinajstić information content (AvgIpc) is 2.80. The highest BCUT2D eigenvalue weighted by molar-refractivity contribution is 7.84. The van der Waals surface area contributed by atoms with E-state index in [-0.39, 0.29) is 16.4 Å². The van der Waals surface area contributed by atoms with Crippen molar-refractivity contribution in [1.82, 2.24) is 5.32 Å². The van der Waals surface area contributed by atoms with Gasteiger partial charge in [0.1, 0.15) is 0 Å². The van der Waals surface area contributed by atoms with Gasteiger partial charge in [0.2, 0.25) is 0 Å². The van der Waals surface area contributed by atoms with Gasteiger partial charge in [-0.15, -0.1) is 12.6 Å². The molecule has 3 aromatic rings. The number of nitriles is 1. The van der Waals surface area contributed by atoms with E-state index in [1.807, 2.05) is 12.1 Å². The number of aliphatic hydroxyl groups is 1. The van der Waals surface area contributed by atoms with Crippen LogP contribution in [0.2, 0.25) is 5.02 Å². The molecule has 4 nitrogen and oxygen atoms in total. The third-order valence-corrected chi connectivity index (χ3v) is 6.27. The van der Waals surface area contributed by atoms with Crippen molar-refractivity contribution in [1.29, 1.82) is 5.26 Å². The highest BCUT2D eigenvalue weighted by Gasteiger charge is 2.53. The Balaban J connectivity index is 2.01. The minimum Gasteiger partial charge on any atom is -0.366 e. The van der Waals surface area contributed by atoms with Crippen LogP contribution in [0.25, 0.3) is 0 Å². The molecule has 3 atom stereocenters. The second-order valence-corrected chi connectivity index (χ2v) is 8.19. The zero-order chi connectivity index (χ0) is 22.0. The van der Waals surface area contributed by atoms with Crippen molar-refractivity contribution in [2.24, 2.45) is 5.92 Å². The number of nitrogens with one attached hydrogen (secondary N) is 1. The normalized spacial score (nSPS) is 23.0. The molecule has 0 saturated carbocycles. The van der Waals surface area contributed by atoms with E-state index in [2.05, 4.69) is 24.0 Å². The maximum absolute atomic E-state index is 13.9. The highest BCUT2D eigenvalue weighted by atomic mass is 35.5. The molecule has 0 radical (unpaired) electrons. The van der Waals surface area contributed by atoms with Crippen molar-refractivity contribution in [3.8, 4) is 6.07 Å². The van der Waals surface area contributed by atoms with Crippen molar-refractivity contribution in [3.63, 3.8) is 0 Å². The lowest BCUT2D eigenvalue weighted by molar-refractivity contribution is -0.0460. The molecule has 3 aromatic carbocycles. The van der Waals surface area contributed by atoms with Gasteiger partial charge in [0.05, 0.1) is 22.6 Å². The number of ketones is 1. The lowest BCUT2D eigenvalue weighted by atomic mass is 9.68. The van der Waals surface area contributed by atoms with E-state index in [0.29, 0.717) is 21.7 Å². The van der Waals surface area contributed by atoms with Crippen molar-refractivity contribution >= 4 is 30.0 Å². The summed E-state index contributed by atoms with van der Waals surface area (Å²) in [6, 6.07) is 26.8. The molecular formula is C25H19ClN2O2S. The molecule has 0 saturated heterocycles. The Morgan fingerprint density at radius 3 is 2.19 bits per heavy atom. The summed E-state index contributed by atoms with van der Waals surface area (Å²) < 4.78 is 0. The number of carbonyl (C=O) groups is 1. The van der Waals surface area contributed by atoms with Crippen LogP contribution in [0, 0.1) is 17.2 Å². The number of rotatable bonds is 4. The first-order valence-electron chi connectivity index (χ1n) is 9.70. The molecule has 1 aliphatic rings. The largest absolute Gasteiger partial charge is 0.366 e. The molecule has 3 unspecified atom stereocenters. The van der Waals surface area contributed by atoms with E-state index in [9.17, 15) is 15.2 Å². The minimum absolute atomic E-state index is 0.205. The van der Waals surface area contributed by atoms with Crippen molar-refractivity contribution < 1.29 is 9.90 Å². The van der Waals surface area contributed by atoms with Crippen LogP contribution < -0.4 is 5.32 Å². The lowest BCUT2D eigenvalue weighted by Gasteiger charge is -2.45. The fourth-order valence-electron chi connectivity index (χ4n) is 4.13. The molecule has 4 rings (SSSR count). The number of halogens is 1. The van der Waals surface area contributed by atoms with Crippen LogP contribution in [0.15, 0.2) is 95.5 Å². The summed E-state index contributed by atoms with van der Waals surface area (Å²) in [5, 5.41) is 25.5. The van der Waals surface area contributed by atoms with Gasteiger partial charge in [0.25, 0.3) is 0 Å². The summed E-state index contributed by atoms with van der Waals surface area (Å²) >= 11 is 11.0. The Morgan fingerprint density at radius 1 is 1.00 bits per heavy atom. The molecule has 0 aromatic heterocycles. The Kier molecular flexibility index (Phi) is 5.88. The monoisotopic (exact) mass is 446 g/mol. The quantitative estimate of drug-likeness (QED) is 0.388. The number of allylic oxidation sites excluding steroid dienone is 1. The van der Waals surface area contributed by atoms with Crippen LogP contribution in [0.3, 0.4) is 0 Å². The van der Waals surface area contributed by atoms with E-state index in [1.165, 1.54) is 0 Å². The van der Waals surface area contributed by atoms with E-state index in [4.69, 9.17) is 11.6 Å². The Bertz CT molecular complexity index is 1190. The molecule has 0 amide bonds. The maximum atomic E-state index is 13.9. The van der Waals surface area contributed by atoms with Gasteiger partial charge in [-0.05, 0) is 11.6 Å². The third-order valence-electron chi connectivity index (χ3n) is 5.57. The van der Waals surface area contributed by atoms with Crippen LogP contribution in [-0.2, 0) is 5.72 Å². The van der Waals surface area contributed by atoms with Gasteiger partial charge in [-0.2, -0.15) is 5.26 Å². The first kappa shape index (κ1) is 21.2. The van der Waals surface area contributed by atoms with Gasteiger partial charge in [-0.1, -0.05) is 90.5 Å². The number of Topliss-reactive ketones (excluding diaryl/α,β-unsaturated/α-hetero) is 1. The molecule has 1 heterocycles. The van der Waals surface area contributed by atoms with Gasteiger partial charge >= 0.3 is 0 Å². The van der Waals surface area contributed by atoms with Gasteiger partial charge in [0.15, 0.2) is 11.5 Å². The Labute approximate surface area is 191 Å². The minimum atomic E-state index is -1.81. The molecule has 0 fully saturated rings. The van der Waals surface area contributed by atoms with E-state index < -0.39 is 17.6 Å². The summed E-state index contributed by atoms with van der Waals surface area (Å²) in [6.07, 6.45) is 0. The predicted octanol–water partition coefficient (Wildman–Crippen LogP) is 5.04. The molecular weight excluding hydrogens is 428 g/mol. The molecule has 1 aliphatic heterocycles. The Hall–Kier alpha value is -3.04. The highest BCUT2D eigenvalue weighted by Crippen LogP contribution is 2.49. The zero-order valence-corrected chi connectivity index (χ0v) is 18.0. The van der Waals surface area contributed by atoms with Crippen molar-refractivity contribution in [2.75, 3.05) is 0 Å². The summed E-state index contributed by atoms with van der Waals surface area (Å²) in [4.78, 5) is 13.9. The fourth-order valence-corrected chi connectivity index (χ4v) is 4.75. The molecule has 2 N–H and O–H groups in total. The predicted molar refractivity (Wildman–Crippen MR) is 124 cm³/mol. The molecule has 154 valence electrons. The topological polar surface area (TPSA) is 73.1 Å². The molecule has 6 heteroatoms. The van der Waals surface area contributed by atoms with Gasteiger partial charge in [0, 0.05) is 22.1 Å². The van der Waals surface area contributed by atoms with Crippen LogP contribution >= 0.6 is 24.2 Å². The maximum Gasteiger partial charge on any atom is 0.173 e. The standard InChI is InChI=1S/C25H19ClN2O2S/c26-20-14-8-7-13-18(20)21-19(15-27)24(31)28-25(30,17-11-5-2-6-12-17)22(21)23(29)16-9-3-1-4-10-16/h1-14,21-22,28,30-31H. The number of carbonyl (C=O) groups excluding carboxylic acids is 1. The van der Waals surface area contributed by atoms with E-state index in [1.54, 1.807) is 72.8 Å². The molecule has 31 heavy (non-hydrogen) atoms. The number of nitrogens with zero attached hydrogens (tertiary/aromatic N) is 1. The summed E-state index contributed by atoms with van der Waals surface area (Å²) in [7, 11) is 0.